The Bertz CT molecular complexity index is 1390. The summed E-state index contributed by atoms with van der Waals surface area (Å²) in [6.07, 6.45) is 1.01. The smallest absolute Gasteiger partial charge is 0.303 e. The summed E-state index contributed by atoms with van der Waals surface area (Å²) in [7, 11) is 3.02. The Morgan fingerprint density at radius 3 is 2.49 bits per heavy atom. The van der Waals surface area contributed by atoms with E-state index >= 15 is 4.39 Å². The molecule has 208 valence electrons. The topological polar surface area (TPSA) is 77.9 Å². The molecule has 1 aliphatic rings. The third kappa shape index (κ3) is 5.88. The molecule has 1 heterocycles. The van der Waals surface area contributed by atoms with Crippen molar-refractivity contribution >= 4 is 5.97 Å². The molecule has 0 bridgehead atoms. The Morgan fingerprint density at radius 1 is 1.10 bits per heavy atom. The summed E-state index contributed by atoms with van der Waals surface area (Å²) >= 11 is 0. The number of benzene rings is 2. The first-order chi connectivity index (χ1) is 18.4. The predicted octanol–water partition coefficient (Wildman–Crippen LogP) is 6.99. The highest BCUT2D eigenvalue weighted by molar-refractivity contribution is 5.70. The molecule has 9 heteroatoms. The Kier molecular flexibility index (Phi) is 8.20. The molecule has 0 aliphatic heterocycles. The van der Waals surface area contributed by atoms with Crippen LogP contribution in [0.1, 0.15) is 67.9 Å². The van der Waals surface area contributed by atoms with Crippen LogP contribution in [0, 0.1) is 22.9 Å². The number of methoxy groups -OCH3 is 2. The lowest BCUT2D eigenvalue weighted by Gasteiger charge is -2.32. The average molecular weight is 544 g/mol. The summed E-state index contributed by atoms with van der Waals surface area (Å²) in [6.45, 7) is 5.88. The summed E-state index contributed by atoms with van der Waals surface area (Å²) in [5.41, 5.74) is 2.09. The lowest BCUT2D eigenvalue weighted by molar-refractivity contribution is -0.137. The minimum atomic E-state index is -1.07. The van der Waals surface area contributed by atoms with E-state index < -0.39 is 35.4 Å². The third-order valence-corrected chi connectivity index (χ3v) is 7.04. The van der Waals surface area contributed by atoms with Crippen LogP contribution in [0.25, 0.3) is 11.1 Å². The zero-order valence-corrected chi connectivity index (χ0v) is 22.6. The van der Waals surface area contributed by atoms with Gasteiger partial charge in [0, 0.05) is 30.4 Å². The molecular formula is C30H32F3NO5. The first kappa shape index (κ1) is 28.4. The maximum atomic E-state index is 15.4. The van der Waals surface area contributed by atoms with Gasteiger partial charge in [0.2, 0.25) is 5.88 Å². The SMILES string of the molecule is COc1cc(-c2ccc(COc3cc(F)c4c(c3F)C(CC(=O)O)CC4)cc2C(OC)C(C)(C)C)c(F)cn1. The normalized spacial score (nSPS) is 15.6. The summed E-state index contributed by atoms with van der Waals surface area (Å²) < 4.78 is 61.9. The van der Waals surface area contributed by atoms with Gasteiger partial charge >= 0.3 is 5.97 Å². The summed E-state index contributed by atoms with van der Waals surface area (Å²) in [4.78, 5) is 15.2. The Balaban J connectivity index is 1.71. The van der Waals surface area contributed by atoms with Crippen molar-refractivity contribution in [3.8, 4) is 22.8 Å². The first-order valence-electron chi connectivity index (χ1n) is 12.7. The average Bonchev–Trinajstić information content (AvgIpc) is 3.29. The number of hydrogen-bond donors (Lipinski definition) is 1. The second-order valence-electron chi connectivity index (χ2n) is 10.8. The number of aliphatic carboxylic acids is 1. The van der Waals surface area contributed by atoms with Crippen molar-refractivity contribution in [1.82, 2.24) is 4.98 Å². The summed E-state index contributed by atoms with van der Waals surface area (Å²) in [6, 6.07) is 7.77. The lowest BCUT2D eigenvalue weighted by atomic mass is 9.81. The van der Waals surface area contributed by atoms with Gasteiger partial charge in [0.15, 0.2) is 11.6 Å². The van der Waals surface area contributed by atoms with E-state index in [4.69, 9.17) is 14.2 Å². The molecule has 0 radical (unpaired) electrons. The van der Waals surface area contributed by atoms with Gasteiger partial charge in [-0.3, -0.25) is 4.79 Å². The molecule has 0 saturated heterocycles. The molecule has 0 fully saturated rings. The number of hydrogen-bond acceptors (Lipinski definition) is 5. The molecule has 0 spiro atoms. The molecule has 6 nitrogen and oxygen atoms in total. The molecule has 4 rings (SSSR count). The highest BCUT2D eigenvalue weighted by atomic mass is 19.1. The van der Waals surface area contributed by atoms with Crippen molar-refractivity contribution in [3.05, 3.63) is 76.2 Å². The van der Waals surface area contributed by atoms with E-state index in [0.29, 0.717) is 23.1 Å². The number of carbonyl (C=O) groups is 1. The largest absolute Gasteiger partial charge is 0.486 e. The molecular weight excluding hydrogens is 511 g/mol. The number of ether oxygens (including phenoxy) is 3. The van der Waals surface area contributed by atoms with Gasteiger partial charge in [0.05, 0.1) is 25.8 Å². The fourth-order valence-corrected chi connectivity index (χ4v) is 5.33. The van der Waals surface area contributed by atoms with Gasteiger partial charge in [-0.05, 0) is 52.5 Å². The number of halogens is 3. The van der Waals surface area contributed by atoms with Gasteiger partial charge in [-0.1, -0.05) is 32.9 Å². The zero-order valence-electron chi connectivity index (χ0n) is 22.6. The van der Waals surface area contributed by atoms with Crippen LogP contribution in [0.3, 0.4) is 0 Å². The Hall–Kier alpha value is -3.59. The number of carboxylic acids is 1. The van der Waals surface area contributed by atoms with Crippen molar-refractivity contribution in [2.24, 2.45) is 5.41 Å². The number of carboxylic acid groups (broad SMARTS) is 1. The van der Waals surface area contributed by atoms with Crippen LogP contribution in [0.5, 0.6) is 11.6 Å². The maximum absolute atomic E-state index is 15.4. The van der Waals surface area contributed by atoms with Crippen LogP contribution >= 0.6 is 0 Å². The summed E-state index contributed by atoms with van der Waals surface area (Å²) in [5, 5.41) is 9.19. The Labute approximate surface area is 225 Å². The van der Waals surface area contributed by atoms with Crippen LogP contribution in [0.15, 0.2) is 36.5 Å². The van der Waals surface area contributed by atoms with Gasteiger partial charge in [-0.25, -0.2) is 18.2 Å². The molecule has 2 unspecified atom stereocenters. The van der Waals surface area contributed by atoms with Crippen molar-refractivity contribution in [2.45, 2.75) is 58.7 Å². The van der Waals surface area contributed by atoms with Crippen LogP contribution in [-0.2, 0) is 22.6 Å². The number of pyridine rings is 1. The molecule has 0 saturated carbocycles. The van der Waals surface area contributed by atoms with Crippen molar-refractivity contribution in [2.75, 3.05) is 14.2 Å². The number of nitrogens with zero attached hydrogens (tertiary/aromatic N) is 1. The minimum absolute atomic E-state index is 0.0812. The third-order valence-electron chi connectivity index (χ3n) is 7.04. The summed E-state index contributed by atoms with van der Waals surface area (Å²) in [5.74, 6) is -3.58. The molecule has 2 atom stereocenters. The van der Waals surface area contributed by atoms with E-state index in [1.165, 1.54) is 13.2 Å². The first-order valence-corrected chi connectivity index (χ1v) is 12.7. The van der Waals surface area contributed by atoms with E-state index in [1.54, 1.807) is 25.3 Å². The second kappa shape index (κ2) is 11.3. The lowest BCUT2D eigenvalue weighted by Crippen LogP contribution is -2.21. The molecule has 1 aliphatic carbocycles. The van der Waals surface area contributed by atoms with Crippen LogP contribution in [-0.4, -0.2) is 30.3 Å². The minimum Gasteiger partial charge on any atom is -0.486 e. The molecule has 39 heavy (non-hydrogen) atoms. The molecule has 1 aromatic heterocycles. The standard InChI is InChI=1S/C30H32F3NO5/c1-30(2,3)29(38-5)21-10-16(6-8-18(21)20-12-25(37-4)34-14-23(20)32)15-39-24-13-22(31)19-9-7-17(11-26(35)36)27(19)28(24)33/h6,8,10,12-14,17,29H,7,9,11,15H2,1-5H3,(H,35,36). The second-order valence-corrected chi connectivity index (χ2v) is 10.8. The zero-order chi connectivity index (χ0) is 28.5. The van der Waals surface area contributed by atoms with E-state index in [0.717, 1.165) is 12.3 Å². The highest BCUT2D eigenvalue weighted by Gasteiger charge is 2.33. The van der Waals surface area contributed by atoms with E-state index in [9.17, 15) is 18.7 Å². The number of rotatable bonds is 9. The number of aromatic nitrogens is 1. The Morgan fingerprint density at radius 2 is 1.85 bits per heavy atom. The van der Waals surface area contributed by atoms with Crippen molar-refractivity contribution in [1.29, 1.82) is 0 Å². The van der Waals surface area contributed by atoms with Crippen molar-refractivity contribution < 1.29 is 37.3 Å². The molecule has 1 N–H and O–H groups in total. The van der Waals surface area contributed by atoms with Crippen LogP contribution in [0.2, 0.25) is 0 Å². The van der Waals surface area contributed by atoms with Crippen LogP contribution in [0.4, 0.5) is 13.2 Å². The maximum Gasteiger partial charge on any atom is 0.303 e. The van der Waals surface area contributed by atoms with E-state index in [-0.39, 0.29) is 53.2 Å². The molecule has 3 aromatic rings. The molecule has 2 aromatic carbocycles. The van der Waals surface area contributed by atoms with E-state index in [2.05, 4.69) is 4.98 Å². The molecule has 0 amide bonds. The monoisotopic (exact) mass is 543 g/mol. The number of fused-ring (bicyclic) bond motifs is 1. The predicted molar refractivity (Wildman–Crippen MR) is 139 cm³/mol. The fraction of sp³-hybridized carbons (Fsp3) is 0.400. The van der Waals surface area contributed by atoms with Gasteiger partial charge in [0.1, 0.15) is 18.2 Å². The van der Waals surface area contributed by atoms with Gasteiger partial charge in [0.25, 0.3) is 0 Å². The van der Waals surface area contributed by atoms with Crippen molar-refractivity contribution in [3.63, 3.8) is 0 Å². The van der Waals surface area contributed by atoms with Gasteiger partial charge in [-0.15, -0.1) is 0 Å². The van der Waals surface area contributed by atoms with Crippen LogP contribution < -0.4 is 9.47 Å². The quantitative estimate of drug-likeness (QED) is 0.313. The highest BCUT2D eigenvalue weighted by Crippen LogP contribution is 2.43. The fourth-order valence-electron chi connectivity index (χ4n) is 5.33. The van der Waals surface area contributed by atoms with Gasteiger partial charge in [-0.2, -0.15) is 0 Å². The van der Waals surface area contributed by atoms with E-state index in [1.807, 2.05) is 20.8 Å². The van der Waals surface area contributed by atoms with Gasteiger partial charge < -0.3 is 19.3 Å².